The molecule has 0 fully saturated rings. The highest BCUT2D eigenvalue weighted by atomic mass is 16.6. The minimum Gasteiger partial charge on any atom is -0.454 e. The van der Waals surface area contributed by atoms with Gasteiger partial charge in [0.05, 0.1) is 0 Å². The Morgan fingerprint density at radius 2 is 0.979 bits per heavy atom. The van der Waals surface area contributed by atoms with E-state index in [2.05, 4.69) is 65.8 Å². The minimum absolute atomic E-state index is 0.199. The summed E-state index contributed by atoms with van der Waals surface area (Å²) in [6.07, 6.45) is 29.9. The first-order valence-corrected chi connectivity index (χ1v) is 17.2. The highest BCUT2D eigenvalue weighted by Gasteiger charge is 2.27. The van der Waals surface area contributed by atoms with Crippen LogP contribution in [-0.2, 0) is 23.9 Å². The molecular formula is C43H58O5. The number of carbonyl (C=O) groups excluding carboxylic acids is 3. The van der Waals surface area contributed by atoms with Crippen LogP contribution in [0.25, 0.3) is 0 Å². The van der Waals surface area contributed by atoms with Crippen molar-refractivity contribution >= 4 is 17.7 Å². The highest BCUT2D eigenvalue weighted by Crippen LogP contribution is 2.41. The van der Waals surface area contributed by atoms with Crippen LogP contribution in [0.1, 0.15) is 108 Å². The van der Waals surface area contributed by atoms with Gasteiger partial charge in [-0.15, -0.1) is 0 Å². The second-order valence-corrected chi connectivity index (χ2v) is 14.6. The molecule has 5 heteroatoms. The van der Waals surface area contributed by atoms with Gasteiger partial charge in [-0.25, -0.2) is 9.59 Å². The molecule has 0 aromatic carbocycles. The SMILES string of the molecule is CC(C=CC1=C(C)CCCC1(C)C)=CC=CC(C)=CC(=O)OCC(=O)COC(=O)C=C(C)C=CC=C(C)C=CC1=C(C)CCCC1(C)C. The van der Waals surface area contributed by atoms with Gasteiger partial charge in [-0.2, -0.15) is 0 Å². The van der Waals surface area contributed by atoms with Gasteiger partial charge in [0.15, 0.2) is 13.2 Å². The molecule has 0 unspecified atom stereocenters. The molecule has 260 valence electrons. The largest absolute Gasteiger partial charge is 0.454 e. The summed E-state index contributed by atoms with van der Waals surface area (Å²) in [6.45, 7) is 20.4. The summed E-state index contributed by atoms with van der Waals surface area (Å²) >= 11 is 0. The van der Waals surface area contributed by atoms with E-state index in [1.54, 1.807) is 13.8 Å². The third kappa shape index (κ3) is 14.4. The van der Waals surface area contributed by atoms with E-state index in [0.29, 0.717) is 11.1 Å². The van der Waals surface area contributed by atoms with Crippen LogP contribution in [0.2, 0.25) is 0 Å². The van der Waals surface area contributed by atoms with Crippen molar-refractivity contribution in [3.8, 4) is 0 Å². The summed E-state index contributed by atoms with van der Waals surface area (Å²) in [5.74, 6) is -1.77. The third-order valence-electron chi connectivity index (χ3n) is 8.99. The van der Waals surface area contributed by atoms with Crippen LogP contribution in [0.15, 0.2) is 117 Å². The Labute approximate surface area is 290 Å². The second-order valence-electron chi connectivity index (χ2n) is 14.6. The molecule has 0 saturated heterocycles. The lowest BCUT2D eigenvalue weighted by atomic mass is 9.72. The minimum atomic E-state index is -0.632. The molecule has 5 nitrogen and oxygen atoms in total. The number of esters is 2. The van der Waals surface area contributed by atoms with Crippen LogP contribution in [0, 0.1) is 10.8 Å². The van der Waals surface area contributed by atoms with E-state index in [1.165, 1.54) is 60.1 Å². The summed E-state index contributed by atoms with van der Waals surface area (Å²) in [7, 11) is 0. The number of hydrogen-bond donors (Lipinski definition) is 0. The fraction of sp³-hybridized carbons (Fsp3) is 0.465. The Morgan fingerprint density at radius 3 is 1.33 bits per heavy atom. The van der Waals surface area contributed by atoms with Gasteiger partial charge in [0.25, 0.3) is 0 Å². The van der Waals surface area contributed by atoms with Gasteiger partial charge < -0.3 is 9.47 Å². The lowest BCUT2D eigenvalue weighted by Gasteiger charge is -2.33. The van der Waals surface area contributed by atoms with Crippen molar-refractivity contribution in [2.24, 2.45) is 10.8 Å². The van der Waals surface area contributed by atoms with Crippen LogP contribution in [0.5, 0.6) is 0 Å². The maximum Gasteiger partial charge on any atom is 0.331 e. The van der Waals surface area contributed by atoms with Crippen LogP contribution >= 0.6 is 0 Å². The molecule has 0 amide bonds. The van der Waals surface area contributed by atoms with Crippen molar-refractivity contribution < 1.29 is 23.9 Å². The summed E-state index contributed by atoms with van der Waals surface area (Å²) in [4.78, 5) is 36.5. The quantitative estimate of drug-likeness (QED) is 0.106. The fourth-order valence-electron chi connectivity index (χ4n) is 6.16. The number of allylic oxidation sites excluding steroid dienone is 18. The first kappa shape index (κ1) is 40.2. The Kier molecular flexibility index (Phi) is 16.0. The normalized spacial score (nSPS) is 19.7. The summed E-state index contributed by atoms with van der Waals surface area (Å²) in [5, 5.41) is 0. The number of hydrogen-bond acceptors (Lipinski definition) is 5. The van der Waals surface area contributed by atoms with E-state index in [-0.39, 0.29) is 10.8 Å². The van der Waals surface area contributed by atoms with Crippen molar-refractivity contribution in [2.75, 3.05) is 13.2 Å². The summed E-state index contributed by atoms with van der Waals surface area (Å²) in [5.41, 5.74) is 9.74. The maximum atomic E-state index is 12.2. The smallest absolute Gasteiger partial charge is 0.331 e. The molecule has 0 aromatic heterocycles. The highest BCUT2D eigenvalue weighted by molar-refractivity contribution is 5.90. The first-order valence-electron chi connectivity index (χ1n) is 17.2. The monoisotopic (exact) mass is 654 g/mol. The van der Waals surface area contributed by atoms with Crippen LogP contribution in [0.3, 0.4) is 0 Å². The predicted molar refractivity (Wildman–Crippen MR) is 199 cm³/mol. The lowest BCUT2D eigenvalue weighted by molar-refractivity contribution is -0.148. The Hall–Kier alpha value is -3.99. The number of ether oxygens (including phenoxy) is 2. The molecule has 0 radical (unpaired) electrons. The van der Waals surface area contributed by atoms with E-state index in [9.17, 15) is 14.4 Å². The van der Waals surface area contributed by atoms with Crippen LogP contribution in [-0.4, -0.2) is 30.9 Å². The van der Waals surface area contributed by atoms with Gasteiger partial charge in [0.2, 0.25) is 5.78 Å². The van der Waals surface area contributed by atoms with E-state index in [4.69, 9.17) is 9.47 Å². The van der Waals surface area contributed by atoms with Crippen LogP contribution in [0.4, 0.5) is 0 Å². The number of Topliss-reactive ketones (excluding diaryl/α,β-unsaturated/α-hetero) is 1. The van der Waals surface area contributed by atoms with E-state index >= 15 is 0 Å². The topological polar surface area (TPSA) is 69.7 Å². The van der Waals surface area contributed by atoms with E-state index in [0.717, 1.165) is 24.0 Å². The number of rotatable bonds is 14. The average Bonchev–Trinajstić information content (AvgIpc) is 2.97. The molecule has 2 rings (SSSR count). The maximum absolute atomic E-state index is 12.2. The Morgan fingerprint density at radius 1 is 0.604 bits per heavy atom. The molecule has 0 spiro atoms. The lowest BCUT2D eigenvalue weighted by Crippen LogP contribution is -2.19. The predicted octanol–water partition coefficient (Wildman–Crippen LogP) is 10.7. The zero-order valence-electron chi connectivity index (χ0n) is 31.1. The molecule has 0 N–H and O–H groups in total. The zero-order chi connectivity index (χ0) is 35.9. The van der Waals surface area contributed by atoms with Gasteiger partial charge in [0.1, 0.15) is 0 Å². The van der Waals surface area contributed by atoms with Crippen molar-refractivity contribution in [3.05, 3.63) is 117 Å². The number of carbonyl (C=O) groups is 3. The molecule has 2 aliphatic rings. The standard InChI is InChI=1S/C43H58O5/c1-31(21-23-38-35(5)19-13-25-42(38,7)8)15-11-17-33(3)27-40(45)47-29-37(44)30-48-41(46)28-34(4)18-12-16-32(2)22-24-39-36(6)20-14-26-43(39,9)10/h11-12,15-18,21-24,27-28H,13-14,19-20,25-26,29-30H2,1-10H3. The van der Waals surface area contributed by atoms with E-state index < -0.39 is 30.9 Å². The molecular weight excluding hydrogens is 596 g/mol. The number of ketones is 1. The molecule has 0 atom stereocenters. The Balaban J connectivity index is 1.77. The summed E-state index contributed by atoms with van der Waals surface area (Å²) < 4.78 is 10.1. The van der Waals surface area contributed by atoms with Crippen LogP contribution < -0.4 is 0 Å². The molecule has 0 heterocycles. The van der Waals surface area contributed by atoms with Gasteiger partial charge in [-0.3, -0.25) is 4.79 Å². The van der Waals surface area contributed by atoms with Gasteiger partial charge in [0, 0.05) is 12.2 Å². The van der Waals surface area contributed by atoms with Gasteiger partial charge in [-0.1, -0.05) is 111 Å². The van der Waals surface area contributed by atoms with Crippen molar-refractivity contribution in [1.29, 1.82) is 0 Å². The fourth-order valence-corrected chi connectivity index (χ4v) is 6.16. The van der Waals surface area contributed by atoms with Crippen molar-refractivity contribution in [3.63, 3.8) is 0 Å². The van der Waals surface area contributed by atoms with Gasteiger partial charge >= 0.3 is 11.9 Å². The van der Waals surface area contributed by atoms with Crippen molar-refractivity contribution in [2.45, 2.75) is 108 Å². The van der Waals surface area contributed by atoms with Crippen molar-refractivity contribution in [1.82, 2.24) is 0 Å². The molecule has 0 aliphatic heterocycles. The van der Waals surface area contributed by atoms with E-state index in [1.807, 2.05) is 50.3 Å². The molecule has 2 aliphatic carbocycles. The first-order chi connectivity index (χ1) is 22.5. The molecule has 48 heavy (non-hydrogen) atoms. The molecule has 0 saturated carbocycles. The Bertz CT molecular complexity index is 1390. The second kappa shape index (κ2) is 19.1. The average molecular weight is 655 g/mol. The summed E-state index contributed by atoms with van der Waals surface area (Å²) in [6, 6.07) is 0. The third-order valence-corrected chi connectivity index (χ3v) is 8.99. The zero-order valence-corrected chi connectivity index (χ0v) is 31.1. The molecule has 0 aromatic rings. The van der Waals surface area contributed by atoms with Gasteiger partial charge in [-0.05, 0) is 113 Å². The molecule has 0 bridgehead atoms.